The van der Waals surface area contributed by atoms with Gasteiger partial charge in [-0.1, -0.05) is 12.1 Å². The molecule has 0 spiro atoms. The highest BCUT2D eigenvalue weighted by Crippen LogP contribution is 2.37. The van der Waals surface area contributed by atoms with Crippen LogP contribution in [0.2, 0.25) is 0 Å². The van der Waals surface area contributed by atoms with Crippen LogP contribution in [0, 0.1) is 17.5 Å². The third-order valence-electron chi connectivity index (χ3n) is 2.81. The molecular weight excluding hydrogens is 283 g/mol. The Bertz CT molecular complexity index is 601. The molecular formula is C15H14F3NS. The summed E-state index contributed by atoms with van der Waals surface area (Å²) in [6, 6.07) is 9.53. The van der Waals surface area contributed by atoms with Crippen LogP contribution in [0.25, 0.3) is 0 Å². The molecule has 2 unspecified atom stereocenters. The molecule has 2 aromatic carbocycles. The Labute approximate surface area is 120 Å². The summed E-state index contributed by atoms with van der Waals surface area (Å²) in [5.74, 6) is -2.14. The van der Waals surface area contributed by atoms with E-state index in [0.29, 0.717) is 4.90 Å². The SMILES string of the molecule is CC(N)C(Sc1ccc(F)c(F)c1)c1cccc(F)c1. The first kappa shape index (κ1) is 14.9. The fraction of sp³-hybridized carbons (Fsp3) is 0.200. The van der Waals surface area contributed by atoms with E-state index in [9.17, 15) is 13.2 Å². The van der Waals surface area contributed by atoms with Gasteiger partial charge in [-0.25, -0.2) is 13.2 Å². The highest BCUT2D eigenvalue weighted by molar-refractivity contribution is 7.99. The van der Waals surface area contributed by atoms with Crippen LogP contribution in [-0.4, -0.2) is 6.04 Å². The predicted molar refractivity (Wildman–Crippen MR) is 75.0 cm³/mol. The van der Waals surface area contributed by atoms with Gasteiger partial charge in [0.25, 0.3) is 0 Å². The van der Waals surface area contributed by atoms with E-state index in [0.717, 1.165) is 17.7 Å². The Morgan fingerprint density at radius 3 is 2.35 bits per heavy atom. The van der Waals surface area contributed by atoms with Gasteiger partial charge >= 0.3 is 0 Å². The molecule has 2 atom stereocenters. The lowest BCUT2D eigenvalue weighted by Crippen LogP contribution is -2.22. The fourth-order valence-corrected chi connectivity index (χ4v) is 2.97. The number of benzene rings is 2. The highest BCUT2D eigenvalue weighted by atomic mass is 32.2. The normalized spacial score (nSPS) is 14.1. The Morgan fingerprint density at radius 1 is 1.00 bits per heavy atom. The van der Waals surface area contributed by atoms with Crippen LogP contribution >= 0.6 is 11.8 Å². The van der Waals surface area contributed by atoms with Gasteiger partial charge in [0.05, 0.1) is 0 Å². The molecule has 2 N–H and O–H groups in total. The molecule has 0 radical (unpaired) electrons. The van der Waals surface area contributed by atoms with Crippen molar-refractivity contribution in [2.75, 3.05) is 0 Å². The summed E-state index contributed by atoms with van der Waals surface area (Å²) in [7, 11) is 0. The lowest BCUT2D eigenvalue weighted by atomic mass is 10.1. The minimum absolute atomic E-state index is 0.240. The predicted octanol–water partition coefficient (Wildman–Crippen LogP) is 4.28. The second kappa shape index (κ2) is 6.33. The first-order valence-electron chi connectivity index (χ1n) is 6.10. The third kappa shape index (κ3) is 3.55. The van der Waals surface area contributed by atoms with Crippen LogP contribution in [-0.2, 0) is 0 Å². The van der Waals surface area contributed by atoms with Crippen LogP contribution in [0.1, 0.15) is 17.7 Å². The van der Waals surface area contributed by atoms with E-state index in [1.54, 1.807) is 19.1 Å². The van der Waals surface area contributed by atoms with Crippen molar-refractivity contribution in [3.05, 3.63) is 65.5 Å². The summed E-state index contributed by atoms with van der Waals surface area (Å²) < 4.78 is 39.4. The second-order valence-electron chi connectivity index (χ2n) is 4.53. The summed E-state index contributed by atoms with van der Waals surface area (Å²) >= 11 is 1.28. The molecule has 0 aromatic heterocycles. The minimum Gasteiger partial charge on any atom is -0.327 e. The number of hydrogen-bond donors (Lipinski definition) is 1. The van der Waals surface area contributed by atoms with Crippen molar-refractivity contribution in [2.24, 2.45) is 5.73 Å². The van der Waals surface area contributed by atoms with Crippen LogP contribution in [0.4, 0.5) is 13.2 Å². The fourth-order valence-electron chi connectivity index (χ4n) is 1.86. The van der Waals surface area contributed by atoms with Gasteiger partial charge in [0.2, 0.25) is 0 Å². The van der Waals surface area contributed by atoms with Gasteiger partial charge in [0.1, 0.15) is 5.82 Å². The molecule has 0 saturated carbocycles. The topological polar surface area (TPSA) is 26.0 Å². The molecule has 5 heteroatoms. The van der Waals surface area contributed by atoms with Gasteiger partial charge < -0.3 is 5.73 Å². The van der Waals surface area contributed by atoms with Gasteiger partial charge in [-0.05, 0) is 42.8 Å². The van der Waals surface area contributed by atoms with Crippen LogP contribution in [0.5, 0.6) is 0 Å². The average Bonchev–Trinajstić information content (AvgIpc) is 2.39. The Morgan fingerprint density at radius 2 is 1.75 bits per heavy atom. The molecule has 0 heterocycles. The van der Waals surface area contributed by atoms with Crippen molar-refractivity contribution in [3.8, 4) is 0 Å². The van der Waals surface area contributed by atoms with E-state index in [1.165, 1.54) is 30.0 Å². The number of halogens is 3. The van der Waals surface area contributed by atoms with Crippen LogP contribution in [0.3, 0.4) is 0 Å². The minimum atomic E-state index is -0.905. The van der Waals surface area contributed by atoms with Gasteiger partial charge in [-0.15, -0.1) is 11.8 Å². The van der Waals surface area contributed by atoms with Crippen molar-refractivity contribution >= 4 is 11.8 Å². The summed E-state index contributed by atoms with van der Waals surface area (Å²) in [4.78, 5) is 0.551. The van der Waals surface area contributed by atoms with Crippen molar-refractivity contribution < 1.29 is 13.2 Å². The standard InChI is InChI=1S/C15H14F3NS/c1-9(19)15(10-3-2-4-11(16)7-10)20-12-5-6-13(17)14(18)8-12/h2-9,15H,19H2,1H3. The first-order valence-corrected chi connectivity index (χ1v) is 6.98. The smallest absolute Gasteiger partial charge is 0.159 e. The monoisotopic (exact) mass is 297 g/mol. The lowest BCUT2D eigenvalue weighted by Gasteiger charge is -2.21. The van der Waals surface area contributed by atoms with E-state index in [-0.39, 0.29) is 17.1 Å². The van der Waals surface area contributed by atoms with Gasteiger partial charge in [-0.3, -0.25) is 0 Å². The summed E-state index contributed by atoms with van der Waals surface area (Å²) in [5.41, 5.74) is 6.64. The Balaban J connectivity index is 2.28. The molecule has 20 heavy (non-hydrogen) atoms. The number of hydrogen-bond acceptors (Lipinski definition) is 2. The van der Waals surface area contributed by atoms with Gasteiger partial charge in [0.15, 0.2) is 11.6 Å². The van der Waals surface area contributed by atoms with Crippen molar-refractivity contribution in [1.82, 2.24) is 0 Å². The molecule has 0 aliphatic rings. The molecule has 0 saturated heterocycles. The van der Waals surface area contributed by atoms with Crippen molar-refractivity contribution in [1.29, 1.82) is 0 Å². The van der Waals surface area contributed by atoms with Gasteiger partial charge in [-0.2, -0.15) is 0 Å². The molecule has 0 bridgehead atoms. The zero-order valence-electron chi connectivity index (χ0n) is 10.8. The third-order valence-corrected chi connectivity index (χ3v) is 4.29. The molecule has 0 fully saturated rings. The van der Waals surface area contributed by atoms with E-state index in [4.69, 9.17) is 5.73 Å². The quantitative estimate of drug-likeness (QED) is 0.852. The zero-order valence-corrected chi connectivity index (χ0v) is 11.6. The maximum Gasteiger partial charge on any atom is 0.159 e. The molecule has 0 aliphatic carbocycles. The van der Waals surface area contributed by atoms with E-state index < -0.39 is 11.6 Å². The van der Waals surface area contributed by atoms with Crippen LogP contribution < -0.4 is 5.73 Å². The maximum atomic E-state index is 13.3. The van der Waals surface area contributed by atoms with Crippen LogP contribution in [0.15, 0.2) is 47.4 Å². The number of nitrogens with two attached hydrogens (primary N) is 1. The Kier molecular flexibility index (Phi) is 4.73. The summed E-state index contributed by atoms with van der Waals surface area (Å²) in [5, 5.41) is -0.240. The van der Waals surface area contributed by atoms with E-state index in [1.807, 2.05) is 0 Å². The number of rotatable bonds is 4. The maximum absolute atomic E-state index is 13.3. The second-order valence-corrected chi connectivity index (χ2v) is 5.74. The van der Waals surface area contributed by atoms with Crippen molar-refractivity contribution in [2.45, 2.75) is 23.1 Å². The molecule has 1 nitrogen and oxygen atoms in total. The highest BCUT2D eigenvalue weighted by Gasteiger charge is 2.19. The van der Waals surface area contributed by atoms with E-state index in [2.05, 4.69) is 0 Å². The summed E-state index contributed by atoms with van der Waals surface area (Å²) in [6.07, 6.45) is 0. The number of thioether (sulfide) groups is 1. The molecule has 106 valence electrons. The molecule has 0 amide bonds. The van der Waals surface area contributed by atoms with Gasteiger partial charge in [0, 0.05) is 16.2 Å². The molecule has 2 aromatic rings. The van der Waals surface area contributed by atoms with Crippen molar-refractivity contribution in [3.63, 3.8) is 0 Å². The zero-order chi connectivity index (χ0) is 14.7. The Hall–Kier alpha value is -1.46. The molecule has 2 rings (SSSR count). The lowest BCUT2D eigenvalue weighted by molar-refractivity contribution is 0.506. The summed E-state index contributed by atoms with van der Waals surface area (Å²) in [6.45, 7) is 1.79. The van der Waals surface area contributed by atoms with E-state index >= 15 is 0 Å². The molecule has 0 aliphatic heterocycles. The first-order chi connectivity index (χ1) is 9.47. The largest absolute Gasteiger partial charge is 0.327 e. The average molecular weight is 297 g/mol.